The Hall–Kier alpha value is -1.40. The lowest BCUT2D eigenvalue weighted by Gasteiger charge is -2.20. The fourth-order valence-corrected chi connectivity index (χ4v) is 6.75. The van der Waals surface area contributed by atoms with Crippen molar-refractivity contribution in [2.45, 2.75) is 43.8 Å². The van der Waals surface area contributed by atoms with E-state index in [1.54, 1.807) is 11.3 Å². The van der Waals surface area contributed by atoms with Crippen LogP contribution in [-0.4, -0.2) is 41.2 Å². The summed E-state index contributed by atoms with van der Waals surface area (Å²) in [5.74, 6) is 3.33. The zero-order valence-corrected chi connectivity index (χ0v) is 15.0. The van der Waals surface area contributed by atoms with Crippen LogP contribution in [0.1, 0.15) is 37.3 Å². The van der Waals surface area contributed by atoms with Crippen molar-refractivity contribution in [1.29, 1.82) is 0 Å². The van der Waals surface area contributed by atoms with Gasteiger partial charge in [0, 0.05) is 36.2 Å². The van der Waals surface area contributed by atoms with E-state index >= 15 is 0 Å². The predicted octanol–water partition coefficient (Wildman–Crippen LogP) is 3.46. The van der Waals surface area contributed by atoms with E-state index in [-0.39, 0.29) is 18.2 Å². The molecule has 0 aromatic carbocycles. The van der Waals surface area contributed by atoms with Gasteiger partial charge in [0.25, 0.3) is 0 Å². The van der Waals surface area contributed by atoms with Crippen molar-refractivity contribution in [3.63, 3.8) is 0 Å². The molecule has 7 atom stereocenters. The minimum absolute atomic E-state index is 0.00245. The molecule has 0 radical (unpaired) electrons. The molecule has 132 valence electrons. The maximum Gasteiger partial charge on any atom is 0.323 e. The summed E-state index contributed by atoms with van der Waals surface area (Å²) >= 11 is 1.58. The molecular weight excluding hydrogens is 334 g/mol. The van der Waals surface area contributed by atoms with Crippen LogP contribution in [0.25, 0.3) is 0 Å². The molecule has 1 N–H and O–H groups in total. The monoisotopic (exact) mass is 357 g/mol. The minimum Gasteiger partial charge on any atom is -0.366 e. The summed E-state index contributed by atoms with van der Waals surface area (Å²) in [5, 5.41) is 5.97. The van der Waals surface area contributed by atoms with Gasteiger partial charge in [-0.2, -0.15) is 0 Å². The Morgan fingerprint density at radius 1 is 1.20 bits per heavy atom. The molecule has 1 aromatic rings. The van der Waals surface area contributed by atoms with Crippen molar-refractivity contribution in [3.8, 4) is 0 Å². The zero-order valence-electron chi connectivity index (χ0n) is 14.1. The number of urea groups is 1. The fraction of sp³-hybridized carbons (Fsp3) is 0.684. The number of anilines is 1. The maximum atomic E-state index is 12.7. The van der Waals surface area contributed by atoms with Crippen molar-refractivity contribution in [2.75, 3.05) is 18.4 Å². The summed E-state index contributed by atoms with van der Waals surface area (Å²) in [5.41, 5.74) is 1.21. The van der Waals surface area contributed by atoms with Crippen molar-refractivity contribution in [1.82, 2.24) is 9.88 Å². The van der Waals surface area contributed by atoms with Crippen LogP contribution < -0.4 is 5.32 Å². The van der Waals surface area contributed by atoms with Crippen LogP contribution in [0.5, 0.6) is 0 Å². The number of rotatable bonds is 2. The molecule has 2 amide bonds. The fourth-order valence-electron chi connectivity index (χ4n) is 5.98. The molecule has 25 heavy (non-hydrogen) atoms. The van der Waals surface area contributed by atoms with Gasteiger partial charge in [-0.1, -0.05) is 18.6 Å². The van der Waals surface area contributed by atoms with Gasteiger partial charge in [0.15, 0.2) is 5.13 Å². The first-order valence-electron chi connectivity index (χ1n) is 9.60. The molecule has 7 unspecified atom stereocenters. The standard InChI is InChI=1S/C19H23N3O2S/c23-19(22-7-13-14(8-22)17-4-3-16(13)24-17)21-18-20-15(9-25-18)12-6-10-1-2-11(12)5-10/h3-4,9-14,16-17H,1-2,5-8H2,(H,20,21,23). The Bertz CT molecular complexity index is 727. The number of aromatic nitrogens is 1. The van der Waals surface area contributed by atoms with Crippen LogP contribution in [0.2, 0.25) is 0 Å². The number of ether oxygens (including phenoxy) is 1. The van der Waals surface area contributed by atoms with E-state index in [1.165, 1.54) is 31.4 Å². The van der Waals surface area contributed by atoms with E-state index < -0.39 is 0 Å². The van der Waals surface area contributed by atoms with Gasteiger partial charge in [-0.25, -0.2) is 9.78 Å². The summed E-state index contributed by atoms with van der Waals surface area (Å²) in [4.78, 5) is 19.4. The number of thiazole rings is 1. The SMILES string of the molecule is O=C(Nc1nc(C2CC3CCC2C3)cs1)N1CC2C3C=CC(O3)C2C1. The Kier molecular flexibility index (Phi) is 3.12. The first-order valence-corrected chi connectivity index (χ1v) is 10.5. The van der Waals surface area contributed by atoms with Crippen molar-refractivity contribution >= 4 is 22.5 Å². The highest BCUT2D eigenvalue weighted by atomic mass is 32.1. The quantitative estimate of drug-likeness (QED) is 0.825. The molecule has 4 bridgehead atoms. The summed E-state index contributed by atoms with van der Waals surface area (Å²) < 4.78 is 5.89. The molecule has 1 aromatic heterocycles. The van der Waals surface area contributed by atoms with Crippen LogP contribution in [0.4, 0.5) is 9.93 Å². The van der Waals surface area contributed by atoms with Gasteiger partial charge in [-0.05, 0) is 31.1 Å². The highest BCUT2D eigenvalue weighted by molar-refractivity contribution is 7.13. The molecule has 3 aliphatic heterocycles. The molecule has 2 saturated heterocycles. The summed E-state index contributed by atoms with van der Waals surface area (Å²) in [7, 11) is 0. The number of hydrogen-bond donors (Lipinski definition) is 1. The number of amides is 2. The van der Waals surface area contributed by atoms with E-state index in [0.29, 0.717) is 17.8 Å². The number of carbonyl (C=O) groups excluding carboxylic acids is 1. The molecule has 6 heteroatoms. The van der Waals surface area contributed by atoms with Crippen LogP contribution in [0, 0.1) is 23.7 Å². The Labute approximate surface area is 151 Å². The third-order valence-electron chi connectivity index (χ3n) is 7.20. The van der Waals surface area contributed by atoms with Crippen molar-refractivity contribution in [3.05, 3.63) is 23.2 Å². The second-order valence-corrected chi connectivity index (χ2v) is 9.33. The highest BCUT2D eigenvalue weighted by Gasteiger charge is 2.51. The topological polar surface area (TPSA) is 54.5 Å². The van der Waals surface area contributed by atoms with E-state index in [9.17, 15) is 4.79 Å². The summed E-state index contributed by atoms with van der Waals surface area (Å²) in [6.07, 6.45) is 10.2. The Morgan fingerprint density at radius 3 is 2.68 bits per heavy atom. The average molecular weight is 357 g/mol. The smallest absolute Gasteiger partial charge is 0.323 e. The Balaban J connectivity index is 1.11. The van der Waals surface area contributed by atoms with Gasteiger partial charge in [0.1, 0.15) is 0 Å². The second kappa shape index (κ2) is 5.30. The van der Waals surface area contributed by atoms with Crippen molar-refractivity contribution in [2.24, 2.45) is 23.7 Å². The van der Waals surface area contributed by atoms with Crippen LogP contribution in [0.15, 0.2) is 17.5 Å². The maximum absolute atomic E-state index is 12.7. The number of fused-ring (bicyclic) bond motifs is 7. The lowest BCUT2D eigenvalue weighted by Crippen LogP contribution is -2.35. The molecule has 2 saturated carbocycles. The Morgan fingerprint density at radius 2 is 2.00 bits per heavy atom. The molecule has 6 rings (SSSR count). The van der Waals surface area contributed by atoms with Gasteiger partial charge in [-0.3, -0.25) is 5.32 Å². The zero-order chi connectivity index (χ0) is 16.5. The molecule has 4 heterocycles. The van der Waals surface area contributed by atoms with E-state index in [0.717, 1.165) is 30.1 Å². The lowest BCUT2D eigenvalue weighted by molar-refractivity contribution is 0.0892. The largest absolute Gasteiger partial charge is 0.366 e. The lowest BCUT2D eigenvalue weighted by atomic mass is 9.86. The van der Waals surface area contributed by atoms with E-state index in [1.807, 2.05) is 4.90 Å². The third kappa shape index (κ3) is 2.23. The molecule has 5 nitrogen and oxygen atoms in total. The first-order chi connectivity index (χ1) is 12.2. The van der Waals surface area contributed by atoms with Gasteiger partial charge in [0.05, 0.1) is 17.9 Å². The molecule has 2 aliphatic carbocycles. The van der Waals surface area contributed by atoms with E-state index in [4.69, 9.17) is 9.72 Å². The number of nitrogens with one attached hydrogen (secondary N) is 1. The number of likely N-dealkylation sites (tertiary alicyclic amines) is 1. The molecule has 0 spiro atoms. The summed E-state index contributed by atoms with van der Waals surface area (Å²) in [6.45, 7) is 1.60. The molecular formula is C19H23N3O2S. The van der Waals surface area contributed by atoms with Gasteiger partial charge >= 0.3 is 6.03 Å². The highest BCUT2D eigenvalue weighted by Crippen LogP contribution is 2.53. The minimum atomic E-state index is 0.00245. The predicted molar refractivity (Wildman–Crippen MR) is 95.7 cm³/mol. The number of carbonyl (C=O) groups is 1. The first kappa shape index (κ1) is 14.7. The number of nitrogens with zero attached hydrogens (tertiary/aromatic N) is 2. The van der Waals surface area contributed by atoms with E-state index in [2.05, 4.69) is 22.8 Å². The van der Waals surface area contributed by atoms with Crippen LogP contribution in [0.3, 0.4) is 0 Å². The third-order valence-corrected chi connectivity index (χ3v) is 7.98. The van der Waals surface area contributed by atoms with Gasteiger partial charge in [-0.15, -0.1) is 11.3 Å². The summed E-state index contributed by atoms with van der Waals surface area (Å²) in [6, 6.07) is 0.00245. The van der Waals surface area contributed by atoms with Gasteiger partial charge < -0.3 is 9.64 Å². The van der Waals surface area contributed by atoms with Crippen molar-refractivity contribution < 1.29 is 9.53 Å². The normalized spacial score (nSPS) is 43.2. The number of hydrogen-bond acceptors (Lipinski definition) is 4. The average Bonchev–Trinajstić information content (AvgIpc) is 3.43. The molecule has 4 fully saturated rings. The molecule has 5 aliphatic rings. The van der Waals surface area contributed by atoms with Gasteiger partial charge in [0.2, 0.25) is 0 Å². The second-order valence-electron chi connectivity index (χ2n) is 8.47. The van der Waals surface area contributed by atoms with Crippen LogP contribution >= 0.6 is 11.3 Å². The van der Waals surface area contributed by atoms with Crippen LogP contribution in [-0.2, 0) is 4.74 Å².